The third-order valence-corrected chi connectivity index (χ3v) is 12.6. The molecule has 1 N–H and O–H groups in total. The molecule has 3 nitrogen and oxygen atoms in total. The molecule has 61 heavy (non-hydrogen) atoms. The van der Waals surface area contributed by atoms with Crippen molar-refractivity contribution in [1.29, 1.82) is 0 Å². The van der Waals surface area contributed by atoms with E-state index in [0.717, 1.165) is 40.9 Å². The maximum absolute atomic E-state index is 6.58. The van der Waals surface area contributed by atoms with Crippen LogP contribution in [0.3, 0.4) is 0 Å². The highest BCUT2D eigenvalue weighted by Crippen LogP contribution is 2.46. The molecule has 1 aromatic heterocycles. The molecule has 8 aromatic carbocycles. The van der Waals surface area contributed by atoms with Crippen LogP contribution in [0.2, 0.25) is 0 Å². The molecule has 9 aromatic rings. The highest BCUT2D eigenvalue weighted by Gasteiger charge is 2.33. The van der Waals surface area contributed by atoms with Gasteiger partial charge in [-0.1, -0.05) is 151 Å². The van der Waals surface area contributed by atoms with Crippen molar-refractivity contribution in [2.24, 2.45) is 0 Å². The minimum atomic E-state index is -0.0650. The molecule has 0 amide bonds. The van der Waals surface area contributed by atoms with Crippen molar-refractivity contribution in [1.82, 2.24) is 0 Å². The second-order valence-corrected chi connectivity index (χ2v) is 18.7. The van der Waals surface area contributed by atoms with Gasteiger partial charge in [0.25, 0.3) is 0 Å². The fourth-order valence-electron chi connectivity index (χ4n) is 9.25. The Kier molecular flexibility index (Phi) is 9.29. The predicted octanol–water partition coefficient (Wildman–Crippen LogP) is 14.4. The van der Waals surface area contributed by atoms with Gasteiger partial charge in [0.1, 0.15) is 11.2 Å². The predicted molar refractivity (Wildman–Crippen MR) is 263 cm³/mol. The number of furan rings is 1. The van der Waals surface area contributed by atoms with Crippen LogP contribution in [0.1, 0.15) is 58.2 Å². The van der Waals surface area contributed by atoms with Gasteiger partial charge in [-0.3, -0.25) is 0 Å². The summed E-state index contributed by atoms with van der Waals surface area (Å²) in [7, 11) is 0.735. The molecule has 0 saturated heterocycles. The Bertz CT molecular complexity index is 3110. The number of hydrogen-bond donors (Lipinski definition) is 1. The molecule has 0 unspecified atom stereocenters. The molecule has 0 saturated carbocycles. The van der Waals surface area contributed by atoms with E-state index in [9.17, 15) is 0 Å². The first-order chi connectivity index (χ1) is 29.4. The van der Waals surface area contributed by atoms with Crippen LogP contribution in [-0.2, 0) is 10.8 Å². The second kappa shape index (κ2) is 14.7. The van der Waals surface area contributed by atoms with Gasteiger partial charge >= 0.3 is 0 Å². The monoisotopic (exact) mass is 790 g/mol. The van der Waals surface area contributed by atoms with Crippen molar-refractivity contribution >= 4 is 68.6 Å². The molecule has 1 aliphatic heterocycles. The largest absolute Gasteiger partial charge is 0.456 e. The number of nitrogens with one attached hydrogen (secondary N) is 1. The zero-order valence-corrected chi connectivity index (χ0v) is 36.2. The van der Waals surface area contributed by atoms with Crippen LogP contribution in [0, 0.1) is 6.92 Å². The van der Waals surface area contributed by atoms with Crippen molar-refractivity contribution in [3.8, 4) is 33.4 Å². The van der Waals surface area contributed by atoms with E-state index in [0.29, 0.717) is 0 Å². The number of nitrogens with zero attached hydrogens (tertiary/aromatic N) is 1. The average molecular weight is 791 g/mol. The number of anilines is 5. The average Bonchev–Trinajstić information content (AvgIpc) is 3.65. The Balaban J connectivity index is 1.30. The summed E-state index contributed by atoms with van der Waals surface area (Å²) in [5.41, 5.74) is 21.0. The lowest BCUT2D eigenvalue weighted by atomic mass is 9.56. The summed E-state index contributed by atoms with van der Waals surface area (Å²) < 4.78 is 6.58. The number of hydrogen-bond acceptors (Lipinski definition) is 3. The van der Waals surface area contributed by atoms with Gasteiger partial charge in [0.15, 0.2) is 7.28 Å². The molecule has 1 aliphatic rings. The number of para-hydroxylation sites is 2. The third kappa shape index (κ3) is 6.90. The van der Waals surface area contributed by atoms with Gasteiger partial charge in [-0.15, -0.1) is 0 Å². The van der Waals surface area contributed by atoms with Crippen LogP contribution >= 0.6 is 0 Å². The van der Waals surface area contributed by atoms with Crippen molar-refractivity contribution < 1.29 is 4.42 Å². The van der Waals surface area contributed by atoms with Gasteiger partial charge in [-0.25, -0.2) is 0 Å². The van der Waals surface area contributed by atoms with Crippen LogP contribution in [-0.4, -0.2) is 7.28 Å². The van der Waals surface area contributed by atoms with Gasteiger partial charge in [0, 0.05) is 44.6 Å². The maximum Gasteiger partial charge on any atom is 0.199 e. The first-order valence-corrected chi connectivity index (χ1v) is 21.6. The molecule has 0 spiro atoms. The van der Waals surface area contributed by atoms with Crippen molar-refractivity contribution in [3.63, 3.8) is 0 Å². The van der Waals surface area contributed by atoms with Crippen molar-refractivity contribution in [3.05, 3.63) is 187 Å². The fourth-order valence-corrected chi connectivity index (χ4v) is 9.25. The first kappa shape index (κ1) is 38.4. The van der Waals surface area contributed by atoms with E-state index in [-0.39, 0.29) is 10.8 Å². The highest BCUT2D eigenvalue weighted by atomic mass is 16.3. The van der Waals surface area contributed by atoms with E-state index < -0.39 is 0 Å². The Morgan fingerprint density at radius 2 is 1.15 bits per heavy atom. The van der Waals surface area contributed by atoms with E-state index in [1.807, 2.05) is 0 Å². The van der Waals surface area contributed by atoms with E-state index in [4.69, 9.17) is 4.42 Å². The van der Waals surface area contributed by atoms with E-state index in [2.05, 4.69) is 229 Å². The molecule has 2 heterocycles. The third-order valence-electron chi connectivity index (χ3n) is 12.6. The SMILES string of the molecule is Cc1ccccc1-c1cc(-c2cc(C(C)(C)C)ccc2Nc2ccc(C(C)(C)C)cc2)c2c(c1)N(c1ccccc1-c1ccccc1)c1ccc3oc4ccccc4c3c1B2. The molecule has 4 heteroatoms. The molecule has 0 atom stereocenters. The molecular formula is C57H51BN2O. The molecule has 0 bridgehead atoms. The smallest absolute Gasteiger partial charge is 0.199 e. The van der Waals surface area contributed by atoms with E-state index >= 15 is 0 Å². The van der Waals surface area contributed by atoms with Crippen molar-refractivity contribution in [2.75, 3.05) is 10.2 Å². The van der Waals surface area contributed by atoms with Gasteiger partial charge in [0.2, 0.25) is 0 Å². The number of rotatable bonds is 6. The molecule has 0 fully saturated rings. The summed E-state index contributed by atoms with van der Waals surface area (Å²) in [5.74, 6) is 0. The summed E-state index contributed by atoms with van der Waals surface area (Å²) in [6.07, 6.45) is 0. The minimum absolute atomic E-state index is 0.0650. The van der Waals surface area contributed by atoms with E-state index in [1.54, 1.807) is 0 Å². The number of aryl methyl sites for hydroxylation is 1. The quantitative estimate of drug-likeness (QED) is 0.170. The zero-order valence-electron chi connectivity index (χ0n) is 36.2. The highest BCUT2D eigenvalue weighted by molar-refractivity contribution is 6.76. The van der Waals surface area contributed by atoms with Crippen LogP contribution in [0.25, 0.3) is 55.3 Å². The number of fused-ring (bicyclic) bond motifs is 6. The first-order valence-electron chi connectivity index (χ1n) is 21.6. The Hall–Kier alpha value is -6.78. The van der Waals surface area contributed by atoms with Crippen molar-refractivity contribution in [2.45, 2.75) is 59.3 Å². The lowest BCUT2D eigenvalue weighted by Gasteiger charge is -2.37. The zero-order chi connectivity index (χ0) is 42.0. The van der Waals surface area contributed by atoms with Crippen LogP contribution in [0.15, 0.2) is 174 Å². The Labute approximate surface area is 361 Å². The molecular weight excluding hydrogens is 739 g/mol. The van der Waals surface area contributed by atoms with Gasteiger partial charge < -0.3 is 14.6 Å². The lowest BCUT2D eigenvalue weighted by Crippen LogP contribution is -2.41. The van der Waals surface area contributed by atoms with E-state index in [1.165, 1.54) is 77.8 Å². The molecule has 298 valence electrons. The van der Waals surface area contributed by atoms with Gasteiger partial charge in [-0.2, -0.15) is 0 Å². The Morgan fingerprint density at radius 1 is 0.475 bits per heavy atom. The normalized spacial score (nSPS) is 12.6. The summed E-state index contributed by atoms with van der Waals surface area (Å²) in [4.78, 5) is 2.54. The molecule has 10 rings (SSSR count). The minimum Gasteiger partial charge on any atom is -0.456 e. The van der Waals surface area contributed by atoms with Crippen LogP contribution in [0.4, 0.5) is 28.4 Å². The summed E-state index contributed by atoms with van der Waals surface area (Å²) >= 11 is 0. The standard InChI is InChI=1S/C57H51BN2O/c1-36-17-11-12-20-42(36)38-33-46(45-35-40(57(5,6)7)27-30-47(45)59-41-28-25-39(26-29-41)56(2,3)4)54-50(34-38)60(48-23-15-13-21-43(48)37-18-9-8-10-19-37)49-31-32-52-53(55(49)58-54)44-22-14-16-24-51(44)61-52/h8-35,58-59H,1-7H3. The summed E-state index contributed by atoms with van der Waals surface area (Å²) in [6, 6.07) is 62.3. The van der Waals surface area contributed by atoms with Crippen LogP contribution < -0.4 is 21.1 Å². The lowest BCUT2D eigenvalue weighted by molar-refractivity contribution is 0.590. The summed E-state index contributed by atoms with van der Waals surface area (Å²) in [5, 5.41) is 6.24. The molecule has 0 radical (unpaired) electrons. The Morgan fingerprint density at radius 3 is 1.90 bits per heavy atom. The van der Waals surface area contributed by atoms with Crippen LogP contribution in [0.5, 0.6) is 0 Å². The van der Waals surface area contributed by atoms with Gasteiger partial charge in [0.05, 0.1) is 5.69 Å². The fraction of sp³-hybridized carbons (Fsp3) is 0.158. The van der Waals surface area contributed by atoms with Gasteiger partial charge in [-0.05, 0) is 128 Å². The molecule has 0 aliphatic carbocycles. The summed E-state index contributed by atoms with van der Waals surface area (Å²) in [6.45, 7) is 15.9. The second-order valence-electron chi connectivity index (χ2n) is 18.7. The maximum atomic E-state index is 6.58. The number of benzene rings is 8. The topological polar surface area (TPSA) is 28.4 Å².